The van der Waals surface area contributed by atoms with Crippen LogP contribution in [0, 0.1) is 0 Å². The minimum absolute atomic E-state index is 0.298. The van der Waals surface area contributed by atoms with Gasteiger partial charge in [0.25, 0.3) is 5.56 Å². The lowest BCUT2D eigenvalue weighted by Crippen LogP contribution is -2.20. The van der Waals surface area contributed by atoms with Gasteiger partial charge in [-0.1, -0.05) is 39.7 Å². The average Bonchev–Trinajstić information content (AvgIpc) is 2.79. The summed E-state index contributed by atoms with van der Waals surface area (Å²) in [5.41, 5.74) is 1.68. The molecular formula is C23H17BrClN3O3. The van der Waals surface area contributed by atoms with E-state index in [1.807, 2.05) is 18.2 Å². The Labute approximate surface area is 191 Å². The minimum atomic E-state index is -0.298. The van der Waals surface area contributed by atoms with Crippen molar-refractivity contribution in [3.63, 3.8) is 0 Å². The van der Waals surface area contributed by atoms with Crippen molar-refractivity contribution in [1.82, 2.24) is 9.66 Å². The second-order valence-corrected chi connectivity index (χ2v) is 7.96. The van der Waals surface area contributed by atoms with Crippen LogP contribution in [0.4, 0.5) is 0 Å². The van der Waals surface area contributed by atoms with Crippen molar-refractivity contribution in [3.05, 3.63) is 86.1 Å². The van der Waals surface area contributed by atoms with E-state index in [1.165, 1.54) is 4.68 Å². The van der Waals surface area contributed by atoms with Gasteiger partial charge in [-0.15, -0.1) is 0 Å². The number of benzene rings is 3. The van der Waals surface area contributed by atoms with Gasteiger partial charge in [0.15, 0.2) is 5.82 Å². The van der Waals surface area contributed by atoms with E-state index in [0.717, 1.165) is 10.0 Å². The van der Waals surface area contributed by atoms with Crippen molar-refractivity contribution >= 4 is 44.6 Å². The molecule has 0 amide bonds. The summed E-state index contributed by atoms with van der Waals surface area (Å²) in [5.74, 6) is 1.52. The van der Waals surface area contributed by atoms with E-state index in [-0.39, 0.29) is 5.56 Å². The standard InChI is InChI=1S/C23H17BrClN3O3/c1-30-18-9-15(10-19(12-18)31-2)22-27-21-8-5-16(24)11-20(21)23(29)28(22)26-13-14-3-6-17(25)7-4-14/h3-13H,1-2H3. The van der Waals surface area contributed by atoms with Gasteiger partial charge < -0.3 is 9.47 Å². The summed E-state index contributed by atoms with van der Waals surface area (Å²) < 4.78 is 12.8. The summed E-state index contributed by atoms with van der Waals surface area (Å²) in [6.45, 7) is 0. The largest absolute Gasteiger partial charge is 0.497 e. The molecule has 0 bridgehead atoms. The Hall–Kier alpha value is -3.16. The molecule has 0 aliphatic rings. The second kappa shape index (κ2) is 8.91. The van der Waals surface area contributed by atoms with Gasteiger partial charge in [-0.05, 0) is 48.0 Å². The van der Waals surface area contributed by atoms with Crippen LogP contribution in [0.25, 0.3) is 22.3 Å². The van der Waals surface area contributed by atoms with Gasteiger partial charge in [-0.25, -0.2) is 4.98 Å². The van der Waals surface area contributed by atoms with E-state index in [4.69, 9.17) is 26.1 Å². The monoisotopic (exact) mass is 497 g/mol. The fourth-order valence-corrected chi connectivity index (χ4v) is 3.54. The lowest BCUT2D eigenvalue weighted by molar-refractivity contribution is 0.394. The number of nitrogens with zero attached hydrogens (tertiary/aromatic N) is 3. The van der Waals surface area contributed by atoms with Crippen LogP contribution in [0.3, 0.4) is 0 Å². The maximum absolute atomic E-state index is 13.4. The first kappa shape index (κ1) is 21.1. The predicted molar refractivity (Wildman–Crippen MR) is 127 cm³/mol. The number of ether oxygens (including phenoxy) is 2. The molecule has 0 unspecified atom stereocenters. The van der Waals surface area contributed by atoms with Gasteiger partial charge in [0.05, 0.1) is 31.3 Å². The van der Waals surface area contributed by atoms with Gasteiger partial charge in [0.1, 0.15) is 11.5 Å². The number of methoxy groups -OCH3 is 2. The van der Waals surface area contributed by atoms with Crippen molar-refractivity contribution in [2.24, 2.45) is 5.10 Å². The van der Waals surface area contributed by atoms with Gasteiger partial charge in [0.2, 0.25) is 0 Å². The molecule has 6 nitrogen and oxygen atoms in total. The highest BCUT2D eigenvalue weighted by molar-refractivity contribution is 9.10. The van der Waals surface area contributed by atoms with E-state index in [1.54, 1.807) is 62.9 Å². The number of hydrogen-bond donors (Lipinski definition) is 0. The highest BCUT2D eigenvalue weighted by Crippen LogP contribution is 2.29. The topological polar surface area (TPSA) is 65.7 Å². The smallest absolute Gasteiger partial charge is 0.282 e. The van der Waals surface area contributed by atoms with Crippen molar-refractivity contribution in [2.45, 2.75) is 0 Å². The molecule has 3 aromatic carbocycles. The van der Waals surface area contributed by atoms with Crippen molar-refractivity contribution in [2.75, 3.05) is 14.2 Å². The van der Waals surface area contributed by atoms with E-state index in [2.05, 4.69) is 21.0 Å². The summed E-state index contributed by atoms with van der Waals surface area (Å²) in [4.78, 5) is 18.1. The molecule has 8 heteroatoms. The maximum atomic E-state index is 13.4. The molecule has 156 valence electrons. The molecule has 0 saturated carbocycles. The van der Waals surface area contributed by atoms with Crippen LogP contribution in [0.1, 0.15) is 5.56 Å². The first-order chi connectivity index (χ1) is 15.0. The molecule has 31 heavy (non-hydrogen) atoms. The van der Waals surface area contributed by atoms with Crippen LogP contribution in [0.15, 0.2) is 75.0 Å². The molecule has 0 spiro atoms. The SMILES string of the molecule is COc1cc(OC)cc(-c2nc3ccc(Br)cc3c(=O)n2N=Cc2ccc(Cl)cc2)c1. The number of halogens is 2. The number of aromatic nitrogens is 2. The highest BCUT2D eigenvalue weighted by atomic mass is 79.9. The summed E-state index contributed by atoms with van der Waals surface area (Å²) in [7, 11) is 3.13. The van der Waals surface area contributed by atoms with Crippen LogP contribution in [-0.2, 0) is 0 Å². The predicted octanol–water partition coefficient (Wildman–Crippen LogP) is 5.38. The Kier molecular flexibility index (Phi) is 6.06. The fraction of sp³-hybridized carbons (Fsp3) is 0.0870. The maximum Gasteiger partial charge on any atom is 0.282 e. The van der Waals surface area contributed by atoms with Gasteiger partial charge in [-0.2, -0.15) is 9.78 Å². The lowest BCUT2D eigenvalue weighted by atomic mass is 10.1. The quantitative estimate of drug-likeness (QED) is 0.347. The van der Waals surface area contributed by atoms with E-state index in [9.17, 15) is 4.79 Å². The summed E-state index contributed by atoms with van der Waals surface area (Å²) in [6.07, 6.45) is 1.59. The molecule has 0 N–H and O–H groups in total. The van der Waals surface area contributed by atoms with Gasteiger partial charge in [0, 0.05) is 21.1 Å². The first-order valence-electron chi connectivity index (χ1n) is 9.24. The van der Waals surface area contributed by atoms with Crippen LogP contribution in [0.2, 0.25) is 5.02 Å². The highest BCUT2D eigenvalue weighted by Gasteiger charge is 2.15. The third kappa shape index (κ3) is 4.47. The Balaban J connectivity index is 1.97. The normalized spacial score (nSPS) is 11.2. The van der Waals surface area contributed by atoms with Crippen molar-refractivity contribution in [1.29, 1.82) is 0 Å². The van der Waals surface area contributed by atoms with Crippen molar-refractivity contribution < 1.29 is 9.47 Å². The molecule has 0 fully saturated rings. The Morgan fingerprint density at radius 3 is 2.32 bits per heavy atom. The summed E-state index contributed by atoms with van der Waals surface area (Å²) >= 11 is 9.37. The van der Waals surface area contributed by atoms with Crippen molar-refractivity contribution in [3.8, 4) is 22.9 Å². The molecule has 1 heterocycles. The number of hydrogen-bond acceptors (Lipinski definition) is 5. The van der Waals surface area contributed by atoms with E-state index < -0.39 is 0 Å². The number of fused-ring (bicyclic) bond motifs is 1. The molecule has 4 rings (SSSR count). The molecule has 0 aliphatic carbocycles. The summed E-state index contributed by atoms with van der Waals surface area (Å²) in [5, 5.41) is 5.52. The minimum Gasteiger partial charge on any atom is -0.497 e. The van der Waals surface area contributed by atoms with Crippen LogP contribution < -0.4 is 15.0 Å². The van der Waals surface area contributed by atoms with Crippen LogP contribution in [-0.4, -0.2) is 30.1 Å². The zero-order chi connectivity index (χ0) is 22.0. The number of rotatable bonds is 5. The lowest BCUT2D eigenvalue weighted by Gasteiger charge is -2.12. The molecule has 1 aromatic heterocycles. The average molecular weight is 499 g/mol. The summed E-state index contributed by atoms with van der Waals surface area (Å²) in [6, 6.07) is 17.8. The zero-order valence-electron chi connectivity index (χ0n) is 16.7. The Bertz CT molecular complexity index is 1330. The van der Waals surface area contributed by atoms with Gasteiger partial charge in [-0.3, -0.25) is 4.79 Å². The van der Waals surface area contributed by atoms with Crippen LogP contribution >= 0.6 is 27.5 Å². The molecular weight excluding hydrogens is 482 g/mol. The Morgan fingerprint density at radius 1 is 1.00 bits per heavy atom. The zero-order valence-corrected chi connectivity index (χ0v) is 19.0. The molecule has 0 radical (unpaired) electrons. The third-order valence-electron chi connectivity index (χ3n) is 4.61. The third-order valence-corrected chi connectivity index (χ3v) is 5.36. The second-order valence-electron chi connectivity index (χ2n) is 6.61. The molecule has 0 aliphatic heterocycles. The van der Waals surface area contributed by atoms with Gasteiger partial charge >= 0.3 is 0 Å². The fourth-order valence-electron chi connectivity index (χ4n) is 3.05. The molecule has 4 aromatic rings. The van der Waals surface area contributed by atoms with E-state index in [0.29, 0.717) is 38.8 Å². The Morgan fingerprint density at radius 2 is 1.68 bits per heavy atom. The molecule has 0 atom stereocenters. The van der Waals surface area contributed by atoms with E-state index >= 15 is 0 Å². The molecule has 0 saturated heterocycles. The first-order valence-corrected chi connectivity index (χ1v) is 10.4. The van der Waals surface area contributed by atoms with Crippen LogP contribution in [0.5, 0.6) is 11.5 Å².